The number of carbonyl (C=O) groups excluding carboxylic acids is 1. The average Bonchev–Trinajstić information content (AvgIpc) is 2.15. The number of amides is 1. The van der Waals surface area contributed by atoms with Crippen LogP contribution >= 0.6 is 0 Å². The first kappa shape index (κ1) is 12.8. The van der Waals surface area contributed by atoms with Crippen molar-refractivity contribution in [3.63, 3.8) is 0 Å². The lowest BCUT2D eigenvalue weighted by Gasteiger charge is -2.36. The highest BCUT2D eigenvalue weighted by Gasteiger charge is 2.32. The van der Waals surface area contributed by atoms with Gasteiger partial charge in [0.05, 0.1) is 25.3 Å². The van der Waals surface area contributed by atoms with E-state index < -0.39 is 11.7 Å². The number of rotatable bonds is 0. The van der Waals surface area contributed by atoms with Gasteiger partial charge in [-0.3, -0.25) is 4.90 Å². The van der Waals surface area contributed by atoms with E-state index in [4.69, 9.17) is 14.7 Å². The molecular formula is C11H18N2O3. The van der Waals surface area contributed by atoms with E-state index in [1.807, 2.05) is 33.8 Å². The molecule has 0 saturated carbocycles. The molecule has 0 aliphatic carbocycles. The average molecular weight is 226 g/mol. The fourth-order valence-electron chi connectivity index (χ4n) is 1.41. The topological polar surface area (TPSA) is 62.6 Å². The first-order valence-electron chi connectivity index (χ1n) is 5.34. The van der Waals surface area contributed by atoms with Crippen LogP contribution in [0.3, 0.4) is 0 Å². The summed E-state index contributed by atoms with van der Waals surface area (Å²) in [5.41, 5.74) is -0.517. The van der Waals surface area contributed by atoms with Gasteiger partial charge >= 0.3 is 6.09 Å². The fourth-order valence-corrected chi connectivity index (χ4v) is 1.41. The zero-order valence-corrected chi connectivity index (χ0v) is 10.2. The van der Waals surface area contributed by atoms with Crippen molar-refractivity contribution in [1.29, 1.82) is 5.26 Å². The Morgan fingerprint density at radius 1 is 1.56 bits per heavy atom. The van der Waals surface area contributed by atoms with Crippen LogP contribution in [0.1, 0.15) is 27.7 Å². The molecule has 0 bridgehead atoms. The second-order valence-corrected chi connectivity index (χ2v) is 4.93. The maximum absolute atomic E-state index is 11.8. The Labute approximate surface area is 95.9 Å². The van der Waals surface area contributed by atoms with Crippen molar-refractivity contribution in [2.45, 2.75) is 45.4 Å². The van der Waals surface area contributed by atoms with Crippen molar-refractivity contribution < 1.29 is 14.3 Å². The van der Waals surface area contributed by atoms with Crippen LogP contribution in [0.2, 0.25) is 0 Å². The van der Waals surface area contributed by atoms with Gasteiger partial charge < -0.3 is 9.47 Å². The summed E-state index contributed by atoms with van der Waals surface area (Å²) in [6.07, 6.45) is -0.938. The molecule has 0 aromatic rings. The molecule has 1 rings (SSSR count). The normalized spacial score (nSPS) is 26.1. The highest BCUT2D eigenvalue weighted by atomic mass is 16.6. The zero-order chi connectivity index (χ0) is 12.3. The highest BCUT2D eigenvalue weighted by molar-refractivity contribution is 5.68. The summed E-state index contributed by atoms with van der Waals surface area (Å²) in [4.78, 5) is 13.4. The largest absolute Gasteiger partial charge is 0.444 e. The van der Waals surface area contributed by atoms with Crippen LogP contribution < -0.4 is 0 Å². The van der Waals surface area contributed by atoms with Gasteiger partial charge in [0.1, 0.15) is 5.60 Å². The second kappa shape index (κ2) is 4.71. The van der Waals surface area contributed by atoms with Crippen molar-refractivity contribution in [2.75, 3.05) is 13.2 Å². The molecule has 0 spiro atoms. The van der Waals surface area contributed by atoms with Crippen LogP contribution in [0.15, 0.2) is 0 Å². The Morgan fingerprint density at radius 2 is 2.19 bits per heavy atom. The van der Waals surface area contributed by atoms with Crippen LogP contribution in [0.25, 0.3) is 0 Å². The van der Waals surface area contributed by atoms with Gasteiger partial charge in [0, 0.05) is 0 Å². The predicted molar refractivity (Wildman–Crippen MR) is 57.8 cm³/mol. The molecule has 90 valence electrons. The van der Waals surface area contributed by atoms with Gasteiger partial charge in [-0.15, -0.1) is 0 Å². The number of nitrogens with zero attached hydrogens (tertiary/aromatic N) is 2. The molecule has 0 radical (unpaired) electrons. The molecular weight excluding hydrogens is 208 g/mol. The Kier molecular flexibility index (Phi) is 3.76. The Balaban J connectivity index is 2.63. The summed E-state index contributed by atoms with van der Waals surface area (Å²) in [5.74, 6) is 0. The minimum atomic E-state index is -0.552. The van der Waals surface area contributed by atoms with Crippen molar-refractivity contribution in [3.8, 4) is 6.07 Å². The van der Waals surface area contributed by atoms with Crippen molar-refractivity contribution in [1.82, 2.24) is 4.90 Å². The summed E-state index contributed by atoms with van der Waals surface area (Å²) >= 11 is 0. The van der Waals surface area contributed by atoms with E-state index >= 15 is 0 Å². The molecule has 0 unspecified atom stereocenters. The van der Waals surface area contributed by atoms with Crippen LogP contribution in [0.4, 0.5) is 4.79 Å². The van der Waals surface area contributed by atoms with Gasteiger partial charge in [0.15, 0.2) is 6.10 Å². The molecule has 1 heterocycles. The van der Waals surface area contributed by atoms with Crippen LogP contribution in [-0.2, 0) is 9.47 Å². The van der Waals surface area contributed by atoms with E-state index in [-0.39, 0.29) is 18.7 Å². The van der Waals surface area contributed by atoms with E-state index in [0.29, 0.717) is 6.61 Å². The zero-order valence-electron chi connectivity index (χ0n) is 10.2. The molecule has 0 aromatic carbocycles. The standard InChI is InChI=1S/C11H18N2O3/c1-8-7-15-9(5-12)6-13(8)10(14)16-11(2,3)4/h8-9H,6-7H2,1-4H3/t8-,9+/m0/s1. The van der Waals surface area contributed by atoms with Crippen LogP contribution in [0, 0.1) is 11.3 Å². The van der Waals surface area contributed by atoms with E-state index in [0.717, 1.165) is 0 Å². The quantitative estimate of drug-likeness (QED) is 0.628. The molecule has 1 aliphatic rings. The van der Waals surface area contributed by atoms with Gasteiger partial charge in [-0.2, -0.15) is 5.26 Å². The van der Waals surface area contributed by atoms with Gasteiger partial charge in [-0.25, -0.2) is 4.79 Å². The van der Waals surface area contributed by atoms with E-state index in [1.165, 1.54) is 0 Å². The summed E-state index contributed by atoms with van der Waals surface area (Å²) in [6, 6.07) is 1.94. The number of hydrogen-bond donors (Lipinski definition) is 0. The van der Waals surface area contributed by atoms with Gasteiger partial charge in [-0.05, 0) is 27.7 Å². The van der Waals surface area contributed by atoms with E-state index in [9.17, 15) is 4.79 Å². The van der Waals surface area contributed by atoms with Gasteiger partial charge in [-0.1, -0.05) is 0 Å². The maximum atomic E-state index is 11.8. The van der Waals surface area contributed by atoms with Gasteiger partial charge in [0.25, 0.3) is 0 Å². The molecule has 2 atom stereocenters. The van der Waals surface area contributed by atoms with Crippen molar-refractivity contribution in [3.05, 3.63) is 0 Å². The monoisotopic (exact) mass is 226 g/mol. The Hall–Kier alpha value is -1.28. The third-order valence-corrected chi connectivity index (χ3v) is 2.21. The minimum absolute atomic E-state index is 0.0561. The molecule has 1 amide bonds. The summed E-state index contributed by atoms with van der Waals surface area (Å²) in [5, 5.41) is 8.76. The number of ether oxygens (including phenoxy) is 2. The third-order valence-electron chi connectivity index (χ3n) is 2.21. The number of hydrogen-bond acceptors (Lipinski definition) is 4. The summed E-state index contributed by atoms with van der Waals surface area (Å²) in [7, 11) is 0. The summed E-state index contributed by atoms with van der Waals surface area (Å²) in [6.45, 7) is 7.97. The lowest BCUT2D eigenvalue weighted by atomic mass is 10.2. The first-order valence-corrected chi connectivity index (χ1v) is 5.34. The summed E-state index contributed by atoms with van der Waals surface area (Å²) < 4.78 is 10.5. The van der Waals surface area contributed by atoms with E-state index in [1.54, 1.807) is 4.90 Å². The molecule has 0 aromatic heterocycles. The Bertz CT molecular complexity index is 303. The highest BCUT2D eigenvalue weighted by Crippen LogP contribution is 2.16. The second-order valence-electron chi connectivity index (χ2n) is 4.93. The molecule has 5 nitrogen and oxygen atoms in total. The lowest BCUT2D eigenvalue weighted by Crippen LogP contribution is -2.52. The molecule has 1 saturated heterocycles. The minimum Gasteiger partial charge on any atom is -0.444 e. The van der Waals surface area contributed by atoms with Gasteiger partial charge in [0.2, 0.25) is 0 Å². The van der Waals surface area contributed by atoms with Crippen molar-refractivity contribution in [2.24, 2.45) is 0 Å². The molecule has 16 heavy (non-hydrogen) atoms. The smallest absolute Gasteiger partial charge is 0.410 e. The maximum Gasteiger partial charge on any atom is 0.410 e. The number of morpholine rings is 1. The van der Waals surface area contributed by atoms with Crippen LogP contribution in [-0.4, -0.2) is 41.9 Å². The molecule has 5 heteroatoms. The van der Waals surface area contributed by atoms with E-state index in [2.05, 4.69) is 0 Å². The predicted octanol–water partition coefficient (Wildman–Crippen LogP) is 1.53. The number of carbonyl (C=O) groups is 1. The first-order chi connectivity index (χ1) is 7.33. The van der Waals surface area contributed by atoms with Crippen molar-refractivity contribution >= 4 is 6.09 Å². The molecule has 1 fully saturated rings. The third kappa shape index (κ3) is 3.38. The SMILES string of the molecule is C[C@H]1CO[C@H](C#N)CN1C(=O)OC(C)(C)C. The van der Waals surface area contributed by atoms with Crippen LogP contribution in [0.5, 0.6) is 0 Å². The molecule has 0 N–H and O–H groups in total. The molecule has 1 aliphatic heterocycles. The Morgan fingerprint density at radius 3 is 2.69 bits per heavy atom. The fraction of sp³-hybridized carbons (Fsp3) is 0.818. The number of nitriles is 1. The lowest BCUT2D eigenvalue weighted by molar-refractivity contribution is -0.0473.